The first kappa shape index (κ1) is 12.6. The molecule has 3 aromatic rings. The SMILES string of the molecule is Cc1ccccc1C(C)Nc1cnc2ccccc2n1. The Morgan fingerprint density at radius 1 is 0.950 bits per heavy atom. The van der Waals surface area contributed by atoms with E-state index in [0.717, 1.165) is 16.9 Å². The first-order valence-electron chi connectivity index (χ1n) is 6.78. The molecule has 100 valence electrons. The van der Waals surface area contributed by atoms with Gasteiger partial charge >= 0.3 is 0 Å². The maximum atomic E-state index is 4.60. The van der Waals surface area contributed by atoms with Gasteiger partial charge in [-0.15, -0.1) is 0 Å². The van der Waals surface area contributed by atoms with Crippen LogP contribution >= 0.6 is 0 Å². The van der Waals surface area contributed by atoms with Gasteiger partial charge < -0.3 is 5.32 Å². The molecule has 0 aliphatic carbocycles. The molecule has 0 saturated heterocycles. The van der Waals surface area contributed by atoms with E-state index in [-0.39, 0.29) is 6.04 Å². The number of nitrogens with zero attached hydrogens (tertiary/aromatic N) is 2. The summed E-state index contributed by atoms with van der Waals surface area (Å²) in [6.45, 7) is 4.26. The highest BCUT2D eigenvalue weighted by molar-refractivity contribution is 5.75. The Bertz CT molecular complexity index is 737. The summed E-state index contributed by atoms with van der Waals surface area (Å²) >= 11 is 0. The molecule has 1 heterocycles. The van der Waals surface area contributed by atoms with Gasteiger partial charge in [0.25, 0.3) is 0 Å². The molecule has 1 aromatic heterocycles. The number of aromatic nitrogens is 2. The number of fused-ring (bicyclic) bond motifs is 1. The van der Waals surface area contributed by atoms with Crippen molar-refractivity contribution in [1.82, 2.24) is 9.97 Å². The lowest BCUT2D eigenvalue weighted by molar-refractivity contribution is 0.864. The van der Waals surface area contributed by atoms with Crippen LogP contribution in [0.3, 0.4) is 0 Å². The molecule has 0 radical (unpaired) electrons. The molecule has 2 aromatic carbocycles. The van der Waals surface area contributed by atoms with E-state index < -0.39 is 0 Å². The van der Waals surface area contributed by atoms with Crippen molar-refractivity contribution in [3.05, 3.63) is 65.9 Å². The van der Waals surface area contributed by atoms with Gasteiger partial charge in [-0.05, 0) is 37.1 Å². The van der Waals surface area contributed by atoms with Crippen molar-refractivity contribution in [2.24, 2.45) is 0 Å². The van der Waals surface area contributed by atoms with Gasteiger partial charge in [0.1, 0.15) is 5.82 Å². The van der Waals surface area contributed by atoms with E-state index in [1.165, 1.54) is 11.1 Å². The number of aryl methyl sites for hydroxylation is 1. The van der Waals surface area contributed by atoms with Crippen molar-refractivity contribution in [3.8, 4) is 0 Å². The van der Waals surface area contributed by atoms with Gasteiger partial charge in [-0.25, -0.2) is 4.98 Å². The van der Waals surface area contributed by atoms with Gasteiger partial charge in [0.05, 0.1) is 23.3 Å². The van der Waals surface area contributed by atoms with Crippen molar-refractivity contribution in [1.29, 1.82) is 0 Å². The molecule has 0 amide bonds. The number of benzene rings is 2. The lowest BCUT2D eigenvalue weighted by Crippen LogP contribution is -2.09. The van der Waals surface area contributed by atoms with E-state index in [1.54, 1.807) is 6.20 Å². The van der Waals surface area contributed by atoms with E-state index in [1.807, 2.05) is 24.3 Å². The van der Waals surface area contributed by atoms with E-state index >= 15 is 0 Å². The van der Waals surface area contributed by atoms with Crippen molar-refractivity contribution in [3.63, 3.8) is 0 Å². The minimum Gasteiger partial charge on any atom is -0.362 e. The Morgan fingerprint density at radius 3 is 2.45 bits per heavy atom. The smallest absolute Gasteiger partial charge is 0.145 e. The first-order chi connectivity index (χ1) is 9.74. The minimum absolute atomic E-state index is 0.201. The zero-order chi connectivity index (χ0) is 13.9. The summed E-state index contributed by atoms with van der Waals surface area (Å²) in [5.74, 6) is 0.805. The Balaban J connectivity index is 1.87. The molecule has 0 aliphatic rings. The average molecular weight is 263 g/mol. The lowest BCUT2D eigenvalue weighted by atomic mass is 10.0. The minimum atomic E-state index is 0.201. The maximum Gasteiger partial charge on any atom is 0.145 e. The fourth-order valence-corrected chi connectivity index (χ4v) is 2.40. The molecule has 1 atom stereocenters. The molecule has 3 rings (SSSR count). The van der Waals surface area contributed by atoms with Crippen LogP contribution in [0.5, 0.6) is 0 Å². The number of hydrogen-bond acceptors (Lipinski definition) is 3. The number of nitrogens with one attached hydrogen (secondary N) is 1. The molecule has 0 aliphatic heterocycles. The Kier molecular flexibility index (Phi) is 3.33. The van der Waals surface area contributed by atoms with Crippen molar-refractivity contribution in [2.45, 2.75) is 19.9 Å². The highest BCUT2D eigenvalue weighted by Gasteiger charge is 2.08. The molecule has 0 spiro atoms. The van der Waals surface area contributed by atoms with E-state index in [9.17, 15) is 0 Å². The monoisotopic (exact) mass is 263 g/mol. The average Bonchev–Trinajstić information content (AvgIpc) is 2.47. The van der Waals surface area contributed by atoms with Gasteiger partial charge in [0, 0.05) is 0 Å². The fourth-order valence-electron chi connectivity index (χ4n) is 2.40. The summed E-state index contributed by atoms with van der Waals surface area (Å²) in [7, 11) is 0. The first-order valence-corrected chi connectivity index (χ1v) is 6.78. The Labute approximate surface area is 118 Å². The normalized spacial score (nSPS) is 12.3. The lowest BCUT2D eigenvalue weighted by Gasteiger charge is -2.17. The van der Waals surface area contributed by atoms with Crippen LogP contribution in [-0.2, 0) is 0 Å². The zero-order valence-electron chi connectivity index (χ0n) is 11.7. The molecule has 0 fully saturated rings. The fraction of sp³-hybridized carbons (Fsp3) is 0.176. The third-order valence-electron chi connectivity index (χ3n) is 3.47. The molecule has 1 unspecified atom stereocenters. The second-order valence-corrected chi connectivity index (χ2v) is 4.97. The molecular formula is C17H17N3. The van der Waals surface area contributed by atoms with Crippen LogP contribution in [0.25, 0.3) is 11.0 Å². The number of anilines is 1. The topological polar surface area (TPSA) is 37.8 Å². The highest BCUT2D eigenvalue weighted by Crippen LogP contribution is 2.21. The van der Waals surface area contributed by atoms with E-state index in [2.05, 4.69) is 53.4 Å². The molecule has 0 saturated carbocycles. The van der Waals surface area contributed by atoms with Crippen LogP contribution in [0.4, 0.5) is 5.82 Å². The van der Waals surface area contributed by atoms with E-state index in [0.29, 0.717) is 0 Å². The van der Waals surface area contributed by atoms with Crippen molar-refractivity contribution >= 4 is 16.9 Å². The molecule has 0 bridgehead atoms. The summed E-state index contributed by atoms with van der Waals surface area (Å²) in [4.78, 5) is 9.02. The predicted octanol–water partition coefficient (Wildman–Crippen LogP) is 4.11. The highest BCUT2D eigenvalue weighted by atomic mass is 15.0. The van der Waals surface area contributed by atoms with Crippen LogP contribution < -0.4 is 5.32 Å². The molecule has 3 heteroatoms. The predicted molar refractivity (Wildman–Crippen MR) is 82.8 cm³/mol. The quantitative estimate of drug-likeness (QED) is 0.772. The second-order valence-electron chi connectivity index (χ2n) is 4.97. The molecular weight excluding hydrogens is 246 g/mol. The summed E-state index contributed by atoms with van der Waals surface area (Å²) in [5.41, 5.74) is 4.39. The second kappa shape index (κ2) is 5.29. The van der Waals surface area contributed by atoms with Gasteiger partial charge in [0.2, 0.25) is 0 Å². The largest absolute Gasteiger partial charge is 0.362 e. The number of hydrogen-bond donors (Lipinski definition) is 1. The van der Waals surface area contributed by atoms with Crippen LogP contribution in [-0.4, -0.2) is 9.97 Å². The van der Waals surface area contributed by atoms with Crippen LogP contribution in [0, 0.1) is 6.92 Å². The number of para-hydroxylation sites is 2. The zero-order valence-corrected chi connectivity index (χ0v) is 11.7. The van der Waals surface area contributed by atoms with E-state index in [4.69, 9.17) is 0 Å². The molecule has 20 heavy (non-hydrogen) atoms. The van der Waals surface area contributed by atoms with Crippen LogP contribution in [0.15, 0.2) is 54.7 Å². The van der Waals surface area contributed by atoms with Gasteiger partial charge in [-0.3, -0.25) is 4.98 Å². The van der Waals surface area contributed by atoms with Crippen LogP contribution in [0.2, 0.25) is 0 Å². The van der Waals surface area contributed by atoms with Crippen molar-refractivity contribution < 1.29 is 0 Å². The summed E-state index contributed by atoms with van der Waals surface area (Å²) in [5, 5.41) is 3.42. The molecule has 3 nitrogen and oxygen atoms in total. The third kappa shape index (κ3) is 2.48. The summed E-state index contributed by atoms with van der Waals surface area (Å²) in [6, 6.07) is 16.5. The van der Waals surface area contributed by atoms with Gasteiger partial charge in [-0.2, -0.15) is 0 Å². The van der Waals surface area contributed by atoms with Gasteiger partial charge in [0.15, 0.2) is 0 Å². The maximum absolute atomic E-state index is 4.60. The molecule has 1 N–H and O–H groups in total. The number of rotatable bonds is 3. The summed E-state index contributed by atoms with van der Waals surface area (Å²) in [6.07, 6.45) is 1.79. The standard InChI is InChI=1S/C17H17N3/c1-12-7-3-4-8-14(12)13(2)19-17-11-18-15-9-5-6-10-16(15)20-17/h3-11,13H,1-2H3,(H,19,20). The summed E-state index contributed by atoms with van der Waals surface area (Å²) < 4.78 is 0. The van der Waals surface area contributed by atoms with Crippen molar-refractivity contribution in [2.75, 3.05) is 5.32 Å². The Morgan fingerprint density at radius 2 is 1.65 bits per heavy atom. The third-order valence-corrected chi connectivity index (χ3v) is 3.47. The van der Waals surface area contributed by atoms with Gasteiger partial charge in [-0.1, -0.05) is 36.4 Å². The Hall–Kier alpha value is -2.42. The van der Waals surface area contributed by atoms with Crippen LogP contribution in [0.1, 0.15) is 24.1 Å².